The average Bonchev–Trinajstić information content (AvgIpc) is 2.34. The van der Waals surface area contributed by atoms with Gasteiger partial charge in [0.1, 0.15) is 5.84 Å². The second-order valence-electron chi connectivity index (χ2n) is 2.15. The highest BCUT2D eigenvalue weighted by atomic mass is 35.5. The number of nitrogens with one attached hydrogen (secondary N) is 1. The first-order chi connectivity index (χ1) is 4.36. The molecule has 3 heteroatoms. The van der Waals surface area contributed by atoms with Crippen molar-refractivity contribution >= 4 is 17.4 Å². The molecule has 0 bridgehead atoms. The molecule has 0 saturated carbocycles. The number of nitrogens with zero attached hydrogens (tertiary/aromatic N) is 1. The van der Waals surface area contributed by atoms with Crippen LogP contribution in [0.4, 0.5) is 0 Å². The minimum atomic E-state index is 0.471. The van der Waals surface area contributed by atoms with Crippen LogP contribution in [0.5, 0.6) is 0 Å². The molecule has 1 aliphatic rings. The summed E-state index contributed by atoms with van der Waals surface area (Å²) in [6.07, 6.45) is 1.10. The van der Waals surface area contributed by atoms with Gasteiger partial charge < -0.3 is 5.32 Å². The summed E-state index contributed by atoms with van der Waals surface area (Å²) in [5, 5.41) is 3.13. The van der Waals surface area contributed by atoms with Gasteiger partial charge in [0.15, 0.2) is 0 Å². The lowest BCUT2D eigenvalue weighted by Crippen LogP contribution is -2.21. The first-order valence-corrected chi connectivity index (χ1v) is 3.76. The predicted molar refractivity (Wildman–Crippen MR) is 40.2 cm³/mol. The zero-order valence-corrected chi connectivity index (χ0v) is 6.28. The van der Waals surface area contributed by atoms with Crippen LogP contribution >= 0.6 is 11.6 Å². The molecule has 52 valence electrons. The Morgan fingerprint density at radius 2 is 2.67 bits per heavy atom. The molecule has 0 fully saturated rings. The van der Waals surface area contributed by atoms with E-state index in [0.29, 0.717) is 11.9 Å². The molecule has 0 saturated heterocycles. The summed E-state index contributed by atoms with van der Waals surface area (Å²) in [4.78, 5) is 4.30. The predicted octanol–water partition coefficient (Wildman–Crippen LogP) is 1.01. The van der Waals surface area contributed by atoms with E-state index in [4.69, 9.17) is 11.6 Å². The van der Waals surface area contributed by atoms with Crippen LogP contribution in [0.25, 0.3) is 0 Å². The fourth-order valence-electron chi connectivity index (χ4n) is 0.865. The van der Waals surface area contributed by atoms with Crippen molar-refractivity contribution in [3.05, 3.63) is 0 Å². The van der Waals surface area contributed by atoms with E-state index in [0.717, 1.165) is 18.8 Å². The maximum atomic E-state index is 5.54. The van der Waals surface area contributed by atoms with Crippen molar-refractivity contribution in [3.63, 3.8) is 0 Å². The monoisotopic (exact) mass is 146 g/mol. The van der Waals surface area contributed by atoms with E-state index < -0.39 is 0 Å². The maximum absolute atomic E-state index is 5.54. The summed E-state index contributed by atoms with van der Waals surface area (Å²) in [6.45, 7) is 3.10. The Morgan fingerprint density at radius 1 is 1.89 bits per heavy atom. The van der Waals surface area contributed by atoms with Crippen molar-refractivity contribution in [2.24, 2.45) is 4.99 Å². The minimum Gasteiger partial charge on any atom is -0.371 e. The quantitative estimate of drug-likeness (QED) is 0.578. The van der Waals surface area contributed by atoms with E-state index in [2.05, 4.69) is 17.2 Å². The molecule has 1 N–H and O–H groups in total. The molecule has 1 atom stereocenters. The summed E-state index contributed by atoms with van der Waals surface area (Å²) >= 11 is 5.54. The number of hydrogen-bond acceptors (Lipinski definition) is 2. The molecule has 1 unspecified atom stereocenters. The second-order valence-corrected chi connectivity index (χ2v) is 2.42. The van der Waals surface area contributed by atoms with Crippen molar-refractivity contribution in [2.75, 3.05) is 12.4 Å². The van der Waals surface area contributed by atoms with Crippen molar-refractivity contribution in [1.82, 2.24) is 5.32 Å². The van der Waals surface area contributed by atoms with Gasteiger partial charge in [-0.15, -0.1) is 11.6 Å². The first kappa shape index (κ1) is 6.87. The molecule has 0 spiro atoms. The van der Waals surface area contributed by atoms with Gasteiger partial charge in [0.25, 0.3) is 0 Å². The summed E-state index contributed by atoms with van der Waals surface area (Å²) < 4.78 is 0. The summed E-state index contributed by atoms with van der Waals surface area (Å²) in [7, 11) is 0. The molecule has 9 heavy (non-hydrogen) atoms. The van der Waals surface area contributed by atoms with Crippen molar-refractivity contribution < 1.29 is 0 Å². The topological polar surface area (TPSA) is 24.4 Å². The standard InChI is InChI=1S/C6H11ClN2/c1-2-5-4-8-6(3-7)9-5/h5H,2-4H2,1H3,(H,8,9). The smallest absolute Gasteiger partial charge is 0.112 e. The van der Waals surface area contributed by atoms with Gasteiger partial charge in [0.05, 0.1) is 11.9 Å². The number of rotatable bonds is 2. The van der Waals surface area contributed by atoms with Gasteiger partial charge in [-0.25, -0.2) is 0 Å². The Balaban J connectivity index is 2.40. The fraction of sp³-hybridized carbons (Fsp3) is 0.833. The molecule has 0 aliphatic carbocycles. The van der Waals surface area contributed by atoms with Gasteiger partial charge in [-0.05, 0) is 6.42 Å². The van der Waals surface area contributed by atoms with Crippen LogP contribution in [0, 0.1) is 0 Å². The highest BCUT2D eigenvalue weighted by Crippen LogP contribution is 2.02. The van der Waals surface area contributed by atoms with Gasteiger partial charge in [-0.1, -0.05) is 6.92 Å². The van der Waals surface area contributed by atoms with Crippen LogP contribution in [-0.4, -0.2) is 24.3 Å². The van der Waals surface area contributed by atoms with Crippen LogP contribution in [0.3, 0.4) is 0 Å². The Bertz CT molecular complexity index is 122. The Labute approximate surface area is 60.3 Å². The van der Waals surface area contributed by atoms with Crippen LogP contribution in [-0.2, 0) is 0 Å². The average molecular weight is 147 g/mol. The normalized spacial score (nSPS) is 25.6. The lowest BCUT2D eigenvalue weighted by molar-refractivity contribution is 0.674. The lowest BCUT2D eigenvalue weighted by Gasteiger charge is -1.96. The van der Waals surface area contributed by atoms with Crippen molar-refractivity contribution in [3.8, 4) is 0 Å². The Morgan fingerprint density at radius 3 is 3.00 bits per heavy atom. The molecule has 0 aromatic carbocycles. The van der Waals surface area contributed by atoms with Crippen LogP contribution < -0.4 is 5.32 Å². The minimum absolute atomic E-state index is 0.471. The zero-order chi connectivity index (χ0) is 6.69. The Hall–Kier alpha value is -0.240. The van der Waals surface area contributed by atoms with E-state index in [1.807, 2.05) is 0 Å². The van der Waals surface area contributed by atoms with Crippen LogP contribution in [0.15, 0.2) is 4.99 Å². The van der Waals surface area contributed by atoms with Crippen LogP contribution in [0.2, 0.25) is 0 Å². The summed E-state index contributed by atoms with van der Waals surface area (Å²) in [5.74, 6) is 1.47. The molecule has 0 radical (unpaired) electrons. The van der Waals surface area contributed by atoms with Crippen LogP contribution in [0.1, 0.15) is 13.3 Å². The maximum Gasteiger partial charge on any atom is 0.112 e. The molecule has 0 amide bonds. The van der Waals surface area contributed by atoms with Gasteiger partial charge in [0, 0.05) is 6.54 Å². The van der Waals surface area contributed by atoms with Gasteiger partial charge in [-0.2, -0.15) is 0 Å². The van der Waals surface area contributed by atoms with E-state index in [1.165, 1.54) is 0 Å². The molecular formula is C6H11ClN2. The SMILES string of the molecule is CCC1CNC(CCl)=N1. The van der Waals surface area contributed by atoms with Gasteiger partial charge in [0.2, 0.25) is 0 Å². The molecule has 1 rings (SSSR count). The summed E-state index contributed by atoms with van der Waals surface area (Å²) in [5.41, 5.74) is 0. The molecule has 0 aromatic heterocycles. The van der Waals surface area contributed by atoms with Gasteiger partial charge in [-0.3, -0.25) is 4.99 Å². The molecule has 2 nitrogen and oxygen atoms in total. The third-order valence-electron chi connectivity index (χ3n) is 1.48. The number of hydrogen-bond donors (Lipinski definition) is 1. The molecular weight excluding hydrogens is 136 g/mol. The number of aliphatic imine (C=N–C) groups is 1. The zero-order valence-electron chi connectivity index (χ0n) is 5.52. The number of alkyl halides is 1. The second kappa shape index (κ2) is 3.06. The van der Waals surface area contributed by atoms with E-state index in [1.54, 1.807) is 0 Å². The highest BCUT2D eigenvalue weighted by molar-refractivity contribution is 6.28. The fourth-order valence-corrected chi connectivity index (χ4v) is 1.03. The Kier molecular flexibility index (Phi) is 2.34. The molecule has 1 heterocycles. The highest BCUT2D eigenvalue weighted by Gasteiger charge is 2.12. The summed E-state index contributed by atoms with van der Waals surface area (Å²) in [6, 6.07) is 0.471. The van der Waals surface area contributed by atoms with Gasteiger partial charge >= 0.3 is 0 Å². The number of halogens is 1. The third kappa shape index (κ3) is 1.58. The van der Waals surface area contributed by atoms with E-state index in [-0.39, 0.29) is 0 Å². The van der Waals surface area contributed by atoms with E-state index >= 15 is 0 Å². The largest absolute Gasteiger partial charge is 0.371 e. The van der Waals surface area contributed by atoms with Crippen molar-refractivity contribution in [2.45, 2.75) is 19.4 Å². The number of amidine groups is 1. The molecule has 0 aromatic rings. The first-order valence-electron chi connectivity index (χ1n) is 3.23. The lowest BCUT2D eigenvalue weighted by atomic mass is 10.2. The third-order valence-corrected chi connectivity index (χ3v) is 1.73. The van der Waals surface area contributed by atoms with E-state index in [9.17, 15) is 0 Å². The molecule has 1 aliphatic heterocycles. The van der Waals surface area contributed by atoms with Crippen molar-refractivity contribution in [1.29, 1.82) is 0 Å².